The smallest absolute Gasteiger partial charge is 0.268 e. The molecule has 0 spiro atoms. The summed E-state index contributed by atoms with van der Waals surface area (Å²) < 4.78 is 1.82. The first-order valence-electron chi connectivity index (χ1n) is 8.68. The zero-order valence-corrected chi connectivity index (χ0v) is 15.1. The van der Waals surface area contributed by atoms with E-state index >= 15 is 0 Å². The third kappa shape index (κ3) is 2.97. The molecule has 0 bridgehead atoms. The second-order valence-electron chi connectivity index (χ2n) is 6.86. The number of aromatic nitrogens is 2. The Kier molecular flexibility index (Phi) is 4.42. The maximum atomic E-state index is 13.0. The SMILES string of the molecule is Cn1c(C(=O)N[C@@H](c2ccccn2)C2CC(O)C2)cc2cccc(Cl)c21. The number of hydrogen-bond acceptors (Lipinski definition) is 3. The number of fused-ring (bicyclic) bond motifs is 1. The van der Waals surface area contributed by atoms with Crippen LogP contribution in [0.4, 0.5) is 0 Å². The number of aliphatic hydroxyl groups excluding tert-OH is 1. The van der Waals surface area contributed by atoms with Crippen LogP contribution >= 0.6 is 11.6 Å². The molecule has 0 unspecified atom stereocenters. The molecule has 0 saturated heterocycles. The second-order valence-corrected chi connectivity index (χ2v) is 7.26. The Morgan fingerprint density at radius 1 is 1.31 bits per heavy atom. The monoisotopic (exact) mass is 369 g/mol. The van der Waals surface area contributed by atoms with Gasteiger partial charge < -0.3 is 15.0 Å². The Labute approximate surface area is 156 Å². The fourth-order valence-corrected chi connectivity index (χ4v) is 4.00. The number of carbonyl (C=O) groups excluding carboxylic acids is 1. The van der Waals surface area contributed by atoms with E-state index < -0.39 is 0 Å². The lowest BCUT2D eigenvalue weighted by molar-refractivity contribution is 0.0227. The minimum absolute atomic E-state index is 0.170. The number of rotatable bonds is 4. The molecule has 1 saturated carbocycles. The first-order chi connectivity index (χ1) is 12.5. The van der Waals surface area contributed by atoms with Gasteiger partial charge in [-0.3, -0.25) is 9.78 Å². The summed E-state index contributed by atoms with van der Waals surface area (Å²) in [5, 5.41) is 14.3. The van der Waals surface area contributed by atoms with Crippen molar-refractivity contribution in [1.82, 2.24) is 14.9 Å². The highest BCUT2D eigenvalue weighted by molar-refractivity contribution is 6.35. The Hall–Kier alpha value is -2.37. The summed E-state index contributed by atoms with van der Waals surface area (Å²) in [6, 6.07) is 12.9. The van der Waals surface area contributed by atoms with Crippen molar-refractivity contribution in [2.45, 2.75) is 25.0 Å². The summed E-state index contributed by atoms with van der Waals surface area (Å²) in [4.78, 5) is 17.4. The quantitative estimate of drug-likeness (QED) is 0.740. The van der Waals surface area contributed by atoms with E-state index in [1.807, 2.05) is 54.1 Å². The number of halogens is 1. The van der Waals surface area contributed by atoms with Gasteiger partial charge in [0.2, 0.25) is 0 Å². The van der Waals surface area contributed by atoms with E-state index in [1.54, 1.807) is 6.20 Å². The number of benzene rings is 1. The number of aliphatic hydroxyl groups is 1. The molecular formula is C20H20ClN3O2. The van der Waals surface area contributed by atoms with Crippen LogP contribution in [0.1, 0.15) is 35.1 Å². The maximum Gasteiger partial charge on any atom is 0.268 e. The van der Waals surface area contributed by atoms with Crippen molar-refractivity contribution < 1.29 is 9.90 Å². The maximum absolute atomic E-state index is 13.0. The molecule has 2 aromatic heterocycles. The van der Waals surface area contributed by atoms with E-state index in [2.05, 4.69) is 10.3 Å². The van der Waals surface area contributed by atoms with Crippen LogP contribution in [0.2, 0.25) is 5.02 Å². The summed E-state index contributed by atoms with van der Waals surface area (Å²) in [5.41, 5.74) is 2.20. The average molecular weight is 370 g/mol. The minimum atomic E-state index is -0.292. The highest BCUT2D eigenvalue weighted by Crippen LogP contribution is 2.37. The van der Waals surface area contributed by atoms with Crippen LogP contribution in [0.15, 0.2) is 48.7 Å². The van der Waals surface area contributed by atoms with Gasteiger partial charge in [-0.2, -0.15) is 0 Å². The predicted octanol–water partition coefficient (Wildman–Crippen LogP) is 3.47. The first kappa shape index (κ1) is 17.1. The van der Waals surface area contributed by atoms with Gasteiger partial charge in [0.05, 0.1) is 28.4 Å². The Morgan fingerprint density at radius 3 is 2.77 bits per heavy atom. The van der Waals surface area contributed by atoms with Crippen LogP contribution in [0, 0.1) is 5.92 Å². The Bertz CT molecular complexity index is 948. The number of para-hydroxylation sites is 1. The molecule has 4 rings (SSSR count). The summed E-state index contributed by atoms with van der Waals surface area (Å²) >= 11 is 6.29. The highest BCUT2D eigenvalue weighted by atomic mass is 35.5. The second kappa shape index (κ2) is 6.74. The van der Waals surface area contributed by atoms with E-state index in [0.29, 0.717) is 23.6 Å². The van der Waals surface area contributed by atoms with Crippen molar-refractivity contribution in [2.24, 2.45) is 13.0 Å². The number of aryl methyl sites for hydroxylation is 1. The topological polar surface area (TPSA) is 67.2 Å². The van der Waals surface area contributed by atoms with E-state index in [4.69, 9.17) is 11.6 Å². The largest absolute Gasteiger partial charge is 0.393 e. The molecule has 1 atom stereocenters. The predicted molar refractivity (Wildman–Crippen MR) is 101 cm³/mol. The van der Waals surface area contributed by atoms with E-state index in [0.717, 1.165) is 16.6 Å². The van der Waals surface area contributed by atoms with Crippen molar-refractivity contribution in [3.8, 4) is 0 Å². The van der Waals surface area contributed by atoms with E-state index in [-0.39, 0.29) is 24.0 Å². The van der Waals surface area contributed by atoms with Gasteiger partial charge in [-0.25, -0.2) is 0 Å². The fourth-order valence-electron chi connectivity index (χ4n) is 3.70. The molecule has 134 valence electrons. The third-order valence-electron chi connectivity index (χ3n) is 5.15. The molecule has 0 radical (unpaired) electrons. The van der Waals surface area contributed by atoms with Gasteiger partial charge in [0.15, 0.2) is 0 Å². The van der Waals surface area contributed by atoms with E-state index in [9.17, 15) is 9.90 Å². The first-order valence-corrected chi connectivity index (χ1v) is 9.06. The van der Waals surface area contributed by atoms with Gasteiger partial charge in [0.1, 0.15) is 5.69 Å². The molecule has 0 aliphatic heterocycles. The fraction of sp³-hybridized carbons (Fsp3) is 0.300. The summed E-state index contributed by atoms with van der Waals surface area (Å²) in [5.74, 6) is 0.0129. The molecule has 5 nitrogen and oxygen atoms in total. The van der Waals surface area contributed by atoms with Gasteiger partial charge in [-0.05, 0) is 43.0 Å². The zero-order valence-electron chi connectivity index (χ0n) is 14.4. The zero-order chi connectivity index (χ0) is 18.3. The number of nitrogens with zero attached hydrogens (tertiary/aromatic N) is 2. The molecule has 1 amide bonds. The van der Waals surface area contributed by atoms with Crippen LogP contribution < -0.4 is 5.32 Å². The van der Waals surface area contributed by atoms with Gasteiger partial charge >= 0.3 is 0 Å². The summed E-state index contributed by atoms with van der Waals surface area (Å²) in [7, 11) is 1.84. The minimum Gasteiger partial charge on any atom is -0.393 e. The lowest BCUT2D eigenvalue weighted by Gasteiger charge is -2.37. The molecule has 3 aromatic rings. The number of hydrogen-bond donors (Lipinski definition) is 2. The number of pyridine rings is 1. The van der Waals surface area contributed by atoms with Crippen LogP contribution in [-0.2, 0) is 7.05 Å². The average Bonchev–Trinajstić information content (AvgIpc) is 2.96. The van der Waals surface area contributed by atoms with Crippen molar-refractivity contribution >= 4 is 28.4 Å². The van der Waals surface area contributed by atoms with Gasteiger partial charge in [0.25, 0.3) is 5.91 Å². The van der Waals surface area contributed by atoms with Crippen LogP contribution in [0.3, 0.4) is 0 Å². The molecular weight excluding hydrogens is 350 g/mol. The number of carbonyl (C=O) groups is 1. The van der Waals surface area contributed by atoms with Crippen molar-refractivity contribution in [2.75, 3.05) is 0 Å². The highest BCUT2D eigenvalue weighted by Gasteiger charge is 2.36. The lowest BCUT2D eigenvalue weighted by atomic mass is 9.76. The molecule has 1 aliphatic carbocycles. The number of nitrogens with one attached hydrogen (secondary N) is 1. The molecule has 2 heterocycles. The van der Waals surface area contributed by atoms with Crippen LogP contribution in [0.25, 0.3) is 10.9 Å². The lowest BCUT2D eigenvalue weighted by Crippen LogP contribution is -2.42. The Balaban J connectivity index is 1.65. The molecule has 1 fully saturated rings. The van der Waals surface area contributed by atoms with Gasteiger partial charge in [-0.15, -0.1) is 0 Å². The standard InChI is InChI=1S/C20H20ClN3O2/c1-24-17(11-12-5-4-6-15(21)19(12)24)20(26)23-18(13-9-14(25)10-13)16-7-2-3-8-22-16/h2-8,11,13-14,18,25H,9-10H2,1H3,(H,23,26)/t13?,14?,18-/m1/s1. The van der Waals surface area contributed by atoms with Crippen molar-refractivity contribution in [3.05, 3.63) is 65.1 Å². The summed E-state index contributed by atoms with van der Waals surface area (Å²) in [6.07, 6.45) is 2.77. The number of amides is 1. The third-order valence-corrected chi connectivity index (χ3v) is 5.46. The molecule has 26 heavy (non-hydrogen) atoms. The molecule has 1 aliphatic rings. The molecule has 2 N–H and O–H groups in total. The van der Waals surface area contributed by atoms with Crippen LogP contribution in [0.5, 0.6) is 0 Å². The molecule has 6 heteroatoms. The van der Waals surface area contributed by atoms with Gasteiger partial charge in [-0.1, -0.05) is 29.8 Å². The van der Waals surface area contributed by atoms with Crippen molar-refractivity contribution in [3.63, 3.8) is 0 Å². The van der Waals surface area contributed by atoms with E-state index in [1.165, 1.54) is 0 Å². The van der Waals surface area contributed by atoms with Crippen LogP contribution in [-0.4, -0.2) is 26.7 Å². The Morgan fingerprint density at radius 2 is 2.12 bits per heavy atom. The molecule has 1 aromatic carbocycles. The normalized spacial score (nSPS) is 20.6. The van der Waals surface area contributed by atoms with Crippen molar-refractivity contribution in [1.29, 1.82) is 0 Å². The summed E-state index contributed by atoms with van der Waals surface area (Å²) in [6.45, 7) is 0. The van der Waals surface area contributed by atoms with Gasteiger partial charge in [0, 0.05) is 18.6 Å².